The number of nitrogens with zero attached hydrogens (tertiary/aromatic N) is 2. The molecule has 6 heteroatoms. The number of hydrogen-bond acceptors (Lipinski definition) is 3. The van der Waals surface area contributed by atoms with E-state index in [2.05, 4.69) is 15.9 Å². The zero-order valence-electron chi connectivity index (χ0n) is 10.9. The van der Waals surface area contributed by atoms with Gasteiger partial charge in [0.1, 0.15) is 5.75 Å². The normalized spacial score (nSPS) is 15.9. The van der Waals surface area contributed by atoms with Gasteiger partial charge in [-0.3, -0.25) is 9.59 Å². The molecule has 0 spiro atoms. The molecule has 1 aromatic rings. The minimum Gasteiger partial charge on any atom is -0.497 e. The number of methoxy groups -OCH3 is 1. The molecule has 1 aromatic carbocycles. The van der Waals surface area contributed by atoms with Crippen molar-refractivity contribution in [2.24, 2.45) is 0 Å². The summed E-state index contributed by atoms with van der Waals surface area (Å²) in [4.78, 5) is 26.5. The summed E-state index contributed by atoms with van der Waals surface area (Å²) in [6.07, 6.45) is 0. The predicted octanol–water partition coefficient (Wildman–Crippen LogP) is 1.26. The molecule has 0 aromatic heterocycles. The van der Waals surface area contributed by atoms with Crippen molar-refractivity contribution in [3.63, 3.8) is 0 Å². The van der Waals surface area contributed by atoms with Crippen LogP contribution in [0.5, 0.6) is 5.75 Å². The lowest BCUT2D eigenvalue weighted by Gasteiger charge is -2.31. The fourth-order valence-electron chi connectivity index (χ4n) is 1.93. The quantitative estimate of drug-likeness (QED) is 0.786. The number of benzene rings is 1. The van der Waals surface area contributed by atoms with Crippen molar-refractivity contribution in [3.05, 3.63) is 28.2 Å². The van der Waals surface area contributed by atoms with Gasteiger partial charge in [0.15, 0.2) is 0 Å². The van der Waals surface area contributed by atoms with Crippen LogP contribution in [-0.4, -0.2) is 48.9 Å². The number of carbonyl (C=O) groups excluding carboxylic acids is 2. The summed E-state index contributed by atoms with van der Waals surface area (Å²) in [5.74, 6) is -0.181. The Morgan fingerprint density at radius 2 is 2.00 bits per heavy atom. The van der Waals surface area contributed by atoms with Crippen molar-refractivity contribution in [2.45, 2.75) is 6.54 Å². The Morgan fingerprint density at radius 3 is 2.68 bits per heavy atom. The van der Waals surface area contributed by atoms with Crippen molar-refractivity contribution < 1.29 is 14.3 Å². The molecule has 1 saturated heterocycles. The highest BCUT2D eigenvalue weighted by molar-refractivity contribution is 9.10. The number of likely N-dealkylation sites (N-methyl/N-ethyl adjacent to an activating group) is 1. The summed E-state index contributed by atoms with van der Waals surface area (Å²) in [6.45, 7) is 1.51. The molecular weight excluding hydrogens is 312 g/mol. The van der Waals surface area contributed by atoms with Gasteiger partial charge in [0.05, 0.1) is 7.11 Å². The first-order valence-electron chi connectivity index (χ1n) is 5.89. The molecule has 0 radical (unpaired) electrons. The summed E-state index contributed by atoms with van der Waals surface area (Å²) in [5.41, 5.74) is 0.921. The average molecular weight is 327 g/mol. The van der Waals surface area contributed by atoms with Gasteiger partial charge in [0.2, 0.25) is 0 Å². The third kappa shape index (κ3) is 2.89. The minimum absolute atomic E-state index is 0.399. The minimum atomic E-state index is -0.455. The summed E-state index contributed by atoms with van der Waals surface area (Å²) in [7, 11) is 3.23. The lowest BCUT2D eigenvalue weighted by Crippen LogP contribution is -2.52. The van der Waals surface area contributed by atoms with Gasteiger partial charge in [0, 0.05) is 31.2 Å². The lowest BCUT2D eigenvalue weighted by molar-refractivity contribution is -0.155. The SMILES string of the molecule is COc1ccc(Br)c(CN2CCN(C)C(=O)C2=O)c1. The highest BCUT2D eigenvalue weighted by atomic mass is 79.9. The van der Waals surface area contributed by atoms with Crippen LogP contribution in [-0.2, 0) is 16.1 Å². The van der Waals surface area contributed by atoms with Gasteiger partial charge in [-0.1, -0.05) is 15.9 Å². The van der Waals surface area contributed by atoms with Crippen LogP contribution in [0.15, 0.2) is 22.7 Å². The van der Waals surface area contributed by atoms with Crippen LogP contribution in [0.4, 0.5) is 0 Å². The van der Waals surface area contributed by atoms with E-state index in [1.807, 2.05) is 18.2 Å². The van der Waals surface area contributed by atoms with Crippen molar-refractivity contribution in [3.8, 4) is 5.75 Å². The maximum absolute atomic E-state index is 11.9. The van der Waals surface area contributed by atoms with E-state index in [0.717, 1.165) is 15.8 Å². The first-order valence-corrected chi connectivity index (χ1v) is 6.69. The Balaban J connectivity index is 2.17. The predicted molar refractivity (Wildman–Crippen MR) is 73.7 cm³/mol. The van der Waals surface area contributed by atoms with Crippen LogP contribution in [0.1, 0.15) is 5.56 Å². The van der Waals surface area contributed by atoms with E-state index in [-0.39, 0.29) is 0 Å². The highest BCUT2D eigenvalue weighted by Crippen LogP contribution is 2.24. The van der Waals surface area contributed by atoms with Crippen LogP contribution in [0.2, 0.25) is 0 Å². The van der Waals surface area contributed by atoms with Crippen molar-refractivity contribution in [1.82, 2.24) is 9.80 Å². The Hall–Kier alpha value is -1.56. The van der Waals surface area contributed by atoms with E-state index < -0.39 is 11.8 Å². The Morgan fingerprint density at radius 1 is 1.26 bits per heavy atom. The monoisotopic (exact) mass is 326 g/mol. The van der Waals surface area contributed by atoms with Gasteiger partial charge in [-0.2, -0.15) is 0 Å². The van der Waals surface area contributed by atoms with E-state index in [9.17, 15) is 9.59 Å². The van der Waals surface area contributed by atoms with Gasteiger partial charge in [-0.25, -0.2) is 0 Å². The molecule has 102 valence electrons. The summed E-state index contributed by atoms with van der Waals surface area (Å²) in [6, 6.07) is 5.57. The molecule has 0 saturated carbocycles. The molecule has 0 aliphatic carbocycles. The number of piperazine rings is 1. The third-order valence-electron chi connectivity index (χ3n) is 3.14. The van der Waals surface area contributed by atoms with Gasteiger partial charge >= 0.3 is 11.8 Å². The molecule has 5 nitrogen and oxygen atoms in total. The molecule has 0 unspecified atom stereocenters. The fraction of sp³-hybridized carbons (Fsp3) is 0.385. The first kappa shape index (κ1) is 13.9. The van der Waals surface area contributed by atoms with Crippen molar-refractivity contribution in [2.75, 3.05) is 27.2 Å². The summed E-state index contributed by atoms with van der Waals surface area (Å²) < 4.78 is 6.06. The van der Waals surface area contributed by atoms with Gasteiger partial charge in [-0.05, 0) is 23.8 Å². The molecule has 1 heterocycles. The number of rotatable bonds is 3. The smallest absolute Gasteiger partial charge is 0.312 e. The second-order valence-corrected chi connectivity index (χ2v) is 5.27. The number of hydrogen-bond donors (Lipinski definition) is 0. The largest absolute Gasteiger partial charge is 0.497 e. The molecule has 1 fully saturated rings. The van der Waals surface area contributed by atoms with Crippen molar-refractivity contribution >= 4 is 27.7 Å². The highest BCUT2D eigenvalue weighted by Gasteiger charge is 2.30. The number of amides is 2. The maximum atomic E-state index is 11.9. The summed E-state index contributed by atoms with van der Waals surface area (Å²) >= 11 is 3.44. The van der Waals surface area contributed by atoms with Crippen LogP contribution in [0, 0.1) is 0 Å². The zero-order valence-corrected chi connectivity index (χ0v) is 12.4. The Bertz CT molecular complexity index is 519. The van der Waals surface area contributed by atoms with Gasteiger partial charge < -0.3 is 14.5 Å². The number of ether oxygens (including phenoxy) is 1. The van der Waals surface area contributed by atoms with E-state index >= 15 is 0 Å². The Labute approximate surface area is 120 Å². The molecule has 1 aliphatic rings. The second kappa shape index (κ2) is 5.61. The van der Waals surface area contributed by atoms with Crippen LogP contribution < -0.4 is 4.74 Å². The topological polar surface area (TPSA) is 49.9 Å². The molecular formula is C13H15BrN2O3. The number of halogens is 1. The molecule has 0 bridgehead atoms. The first-order chi connectivity index (χ1) is 9.02. The standard InChI is InChI=1S/C13H15BrN2O3/c1-15-5-6-16(13(18)12(15)17)8-9-7-10(19-2)3-4-11(9)14/h3-4,7H,5-6,8H2,1-2H3. The van der Waals surface area contributed by atoms with Gasteiger partial charge in [-0.15, -0.1) is 0 Å². The van der Waals surface area contributed by atoms with E-state index in [0.29, 0.717) is 19.6 Å². The number of carbonyl (C=O) groups is 2. The zero-order chi connectivity index (χ0) is 14.0. The van der Waals surface area contributed by atoms with E-state index in [4.69, 9.17) is 4.74 Å². The molecule has 2 rings (SSSR count). The average Bonchev–Trinajstić information content (AvgIpc) is 2.41. The van der Waals surface area contributed by atoms with Crippen LogP contribution in [0.25, 0.3) is 0 Å². The van der Waals surface area contributed by atoms with Crippen molar-refractivity contribution in [1.29, 1.82) is 0 Å². The molecule has 2 amide bonds. The fourth-order valence-corrected chi connectivity index (χ4v) is 2.30. The Kier molecular flexibility index (Phi) is 4.09. The van der Waals surface area contributed by atoms with Crippen LogP contribution >= 0.6 is 15.9 Å². The van der Waals surface area contributed by atoms with Gasteiger partial charge in [0.25, 0.3) is 0 Å². The maximum Gasteiger partial charge on any atom is 0.312 e. The van der Waals surface area contributed by atoms with E-state index in [1.54, 1.807) is 19.1 Å². The van der Waals surface area contributed by atoms with Crippen LogP contribution in [0.3, 0.4) is 0 Å². The molecule has 19 heavy (non-hydrogen) atoms. The lowest BCUT2D eigenvalue weighted by atomic mass is 10.2. The molecule has 0 N–H and O–H groups in total. The van der Waals surface area contributed by atoms with E-state index in [1.165, 1.54) is 4.90 Å². The second-order valence-electron chi connectivity index (χ2n) is 4.41. The molecule has 0 atom stereocenters. The summed E-state index contributed by atoms with van der Waals surface area (Å²) in [5, 5.41) is 0. The third-order valence-corrected chi connectivity index (χ3v) is 3.91. The molecule has 1 aliphatic heterocycles.